The Bertz CT molecular complexity index is 1010. The van der Waals surface area contributed by atoms with Gasteiger partial charge in [0, 0.05) is 5.56 Å². The predicted molar refractivity (Wildman–Crippen MR) is 89.2 cm³/mol. The van der Waals surface area contributed by atoms with Gasteiger partial charge in [-0.15, -0.1) is 0 Å². The maximum absolute atomic E-state index is 12.8. The first-order valence-corrected chi connectivity index (χ1v) is 7.65. The Labute approximate surface area is 149 Å². The smallest absolute Gasteiger partial charge is 0.416 e. The number of hydrogen-bond acceptors (Lipinski definition) is 5. The van der Waals surface area contributed by atoms with Gasteiger partial charge in [-0.3, -0.25) is 4.57 Å². The SMILES string of the molecule is COc1cc(C(F)(F)F)ccc1Cn1c(=S)[nH]c2c(Cl)nc(N)nc21. The van der Waals surface area contributed by atoms with Crippen LogP contribution in [0.4, 0.5) is 19.1 Å². The molecule has 0 bridgehead atoms. The highest BCUT2D eigenvalue weighted by Gasteiger charge is 2.31. The van der Waals surface area contributed by atoms with E-state index in [2.05, 4.69) is 15.0 Å². The number of imidazole rings is 1. The Hall–Kier alpha value is -2.33. The summed E-state index contributed by atoms with van der Waals surface area (Å²) in [6.45, 7) is 0.118. The summed E-state index contributed by atoms with van der Waals surface area (Å²) in [4.78, 5) is 10.8. The van der Waals surface area contributed by atoms with Crippen LogP contribution in [0.5, 0.6) is 5.75 Å². The summed E-state index contributed by atoms with van der Waals surface area (Å²) in [6.07, 6.45) is -4.46. The molecule has 2 heterocycles. The summed E-state index contributed by atoms with van der Waals surface area (Å²) in [7, 11) is 1.30. The molecule has 0 saturated heterocycles. The van der Waals surface area contributed by atoms with Gasteiger partial charge < -0.3 is 15.5 Å². The lowest BCUT2D eigenvalue weighted by Gasteiger charge is -2.13. The van der Waals surface area contributed by atoms with E-state index in [9.17, 15) is 13.2 Å². The summed E-state index contributed by atoms with van der Waals surface area (Å²) in [5.41, 5.74) is 6.04. The zero-order valence-electron chi connectivity index (χ0n) is 12.7. The molecule has 2 aromatic heterocycles. The molecule has 0 aliphatic carbocycles. The summed E-state index contributed by atoms with van der Waals surface area (Å²) in [6, 6.07) is 3.24. The van der Waals surface area contributed by atoms with Gasteiger partial charge in [-0.2, -0.15) is 23.1 Å². The highest BCUT2D eigenvalue weighted by atomic mass is 35.5. The van der Waals surface area contributed by atoms with Crippen molar-refractivity contribution in [1.82, 2.24) is 19.5 Å². The molecule has 0 amide bonds. The molecular formula is C14H11ClF3N5OS. The summed E-state index contributed by atoms with van der Waals surface area (Å²) >= 11 is 11.2. The molecule has 0 radical (unpaired) electrons. The fourth-order valence-electron chi connectivity index (χ4n) is 2.38. The van der Waals surface area contributed by atoms with Gasteiger partial charge in [0.15, 0.2) is 15.6 Å². The van der Waals surface area contributed by atoms with Gasteiger partial charge in [0.1, 0.15) is 11.3 Å². The van der Waals surface area contributed by atoms with E-state index in [0.717, 1.165) is 12.1 Å². The molecule has 1 aromatic carbocycles. The highest BCUT2D eigenvalue weighted by molar-refractivity contribution is 7.71. The van der Waals surface area contributed by atoms with Gasteiger partial charge in [-0.1, -0.05) is 17.7 Å². The number of nitrogen functional groups attached to an aromatic ring is 1. The number of benzene rings is 1. The zero-order chi connectivity index (χ0) is 18.4. The van der Waals surface area contributed by atoms with Crippen LogP contribution in [0, 0.1) is 4.77 Å². The number of fused-ring (bicyclic) bond motifs is 1. The molecular weight excluding hydrogens is 379 g/mol. The molecule has 3 aromatic rings. The third-order valence-corrected chi connectivity index (χ3v) is 4.13. The predicted octanol–water partition coefficient (Wildman–Crippen LogP) is 3.80. The Morgan fingerprint density at radius 2 is 2.08 bits per heavy atom. The number of hydrogen-bond donors (Lipinski definition) is 2. The number of ether oxygens (including phenoxy) is 1. The molecule has 0 spiro atoms. The topological polar surface area (TPSA) is 81.8 Å². The molecule has 0 saturated carbocycles. The molecule has 0 fully saturated rings. The maximum Gasteiger partial charge on any atom is 0.416 e. The van der Waals surface area contributed by atoms with Crippen molar-refractivity contribution in [3.63, 3.8) is 0 Å². The number of anilines is 1. The van der Waals surface area contributed by atoms with E-state index in [4.69, 9.17) is 34.3 Å². The first-order chi connectivity index (χ1) is 11.7. The fraction of sp³-hybridized carbons (Fsp3) is 0.214. The van der Waals surface area contributed by atoms with Crippen LogP contribution in [0.15, 0.2) is 18.2 Å². The van der Waals surface area contributed by atoms with Gasteiger partial charge >= 0.3 is 6.18 Å². The zero-order valence-corrected chi connectivity index (χ0v) is 14.3. The van der Waals surface area contributed by atoms with Crippen molar-refractivity contribution in [2.75, 3.05) is 12.8 Å². The lowest BCUT2D eigenvalue weighted by Crippen LogP contribution is -2.08. The number of rotatable bonds is 3. The normalized spacial score (nSPS) is 11.9. The van der Waals surface area contributed by atoms with Gasteiger partial charge in [-0.05, 0) is 24.4 Å². The molecule has 0 unspecified atom stereocenters. The third-order valence-electron chi connectivity index (χ3n) is 3.54. The molecule has 6 nitrogen and oxygen atoms in total. The molecule has 0 atom stereocenters. The summed E-state index contributed by atoms with van der Waals surface area (Å²) < 4.78 is 45.5. The Kier molecular flexibility index (Phi) is 4.33. The lowest BCUT2D eigenvalue weighted by atomic mass is 10.1. The van der Waals surface area contributed by atoms with E-state index in [1.807, 2.05) is 0 Å². The molecule has 0 aliphatic rings. The Morgan fingerprint density at radius 3 is 2.72 bits per heavy atom. The second-order valence-corrected chi connectivity index (χ2v) is 5.86. The number of alkyl halides is 3. The van der Waals surface area contributed by atoms with Gasteiger partial charge in [0.25, 0.3) is 0 Å². The Balaban J connectivity index is 2.10. The number of aromatic nitrogens is 4. The highest BCUT2D eigenvalue weighted by Crippen LogP contribution is 2.33. The van der Waals surface area contributed by atoms with E-state index in [0.29, 0.717) is 16.7 Å². The quantitative estimate of drug-likeness (QED) is 0.526. The molecule has 3 rings (SSSR count). The summed E-state index contributed by atoms with van der Waals surface area (Å²) in [5, 5.41) is 0.103. The van der Waals surface area contributed by atoms with Crippen molar-refractivity contribution < 1.29 is 17.9 Å². The molecule has 132 valence electrons. The first kappa shape index (κ1) is 17.5. The second kappa shape index (κ2) is 6.19. The van der Waals surface area contributed by atoms with Gasteiger partial charge in [-0.25, -0.2) is 0 Å². The third kappa shape index (κ3) is 3.27. The Morgan fingerprint density at radius 1 is 1.36 bits per heavy atom. The number of nitrogens with one attached hydrogen (secondary N) is 1. The van der Waals surface area contributed by atoms with Crippen LogP contribution in [-0.2, 0) is 12.7 Å². The van der Waals surface area contributed by atoms with Crippen LogP contribution in [0.3, 0.4) is 0 Å². The van der Waals surface area contributed by atoms with Crippen molar-refractivity contribution in [3.8, 4) is 5.75 Å². The van der Waals surface area contributed by atoms with Gasteiger partial charge in [0.05, 0.1) is 19.2 Å². The van der Waals surface area contributed by atoms with Crippen LogP contribution >= 0.6 is 23.8 Å². The van der Waals surface area contributed by atoms with Crippen LogP contribution in [0.25, 0.3) is 11.2 Å². The minimum atomic E-state index is -4.46. The van der Waals surface area contributed by atoms with E-state index in [-0.39, 0.29) is 28.2 Å². The van der Waals surface area contributed by atoms with Crippen molar-refractivity contribution in [2.24, 2.45) is 0 Å². The number of halogens is 4. The van der Waals surface area contributed by atoms with Crippen molar-refractivity contribution >= 4 is 40.9 Å². The van der Waals surface area contributed by atoms with Crippen molar-refractivity contribution in [2.45, 2.75) is 12.7 Å². The van der Waals surface area contributed by atoms with Crippen LogP contribution in [0.2, 0.25) is 5.15 Å². The average Bonchev–Trinajstić information content (AvgIpc) is 2.83. The number of H-pyrrole nitrogens is 1. The lowest BCUT2D eigenvalue weighted by molar-refractivity contribution is -0.137. The maximum atomic E-state index is 12.8. The fourth-order valence-corrected chi connectivity index (χ4v) is 2.85. The molecule has 0 aliphatic heterocycles. The van der Waals surface area contributed by atoms with Gasteiger partial charge in [0.2, 0.25) is 5.95 Å². The number of nitrogens with two attached hydrogens (primary N) is 1. The molecule has 25 heavy (non-hydrogen) atoms. The standard InChI is InChI=1S/C14H11ClF3N5OS/c1-24-8-4-7(14(16,17)18)3-2-6(8)5-23-11-9(20-13(23)25)10(15)21-12(19)22-11/h2-4H,5H2,1H3,(H,20,25)(H2,19,21,22). The van der Waals surface area contributed by atoms with Crippen molar-refractivity contribution in [3.05, 3.63) is 39.3 Å². The van der Waals surface area contributed by atoms with E-state index >= 15 is 0 Å². The minimum absolute atomic E-state index is 0.0420. The van der Waals surface area contributed by atoms with E-state index in [1.54, 1.807) is 4.57 Å². The largest absolute Gasteiger partial charge is 0.496 e. The average molecular weight is 390 g/mol. The van der Waals surface area contributed by atoms with Crippen molar-refractivity contribution in [1.29, 1.82) is 0 Å². The molecule has 3 N–H and O–H groups in total. The number of aromatic amines is 1. The summed E-state index contributed by atoms with van der Waals surface area (Å²) in [5.74, 6) is 0.0406. The number of methoxy groups -OCH3 is 1. The van der Waals surface area contributed by atoms with E-state index in [1.165, 1.54) is 13.2 Å². The van der Waals surface area contributed by atoms with Crippen LogP contribution < -0.4 is 10.5 Å². The van der Waals surface area contributed by atoms with Crippen LogP contribution in [-0.4, -0.2) is 26.6 Å². The monoisotopic (exact) mass is 389 g/mol. The van der Waals surface area contributed by atoms with E-state index < -0.39 is 11.7 Å². The van der Waals surface area contributed by atoms with Crippen LogP contribution in [0.1, 0.15) is 11.1 Å². The minimum Gasteiger partial charge on any atom is -0.496 e. The first-order valence-electron chi connectivity index (χ1n) is 6.86. The molecule has 11 heteroatoms. The number of nitrogens with zero attached hydrogens (tertiary/aromatic N) is 3. The second-order valence-electron chi connectivity index (χ2n) is 5.11.